The molecule has 19 heavy (non-hydrogen) atoms. The van der Waals surface area contributed by atoms with Crippen LogP contribution >= 0.6 is 11.6 Å². The first-order chi connectivity index (χ1) is 8.99. The Labute approximate surface area is 113 Å². The Kier molecular flexibility index (Phi) is 3.52. The molecule has 2 rings (SSSR count). The van der Waals surface area contributed by atoms with Gasteiger partial charge in [0, 0.05) is 24.9 Å². The molecule has 2 aromatic rings. The number of carbonyl (C=O) groups excluding carboxylic acids is 1. The summed E-state index contributed by atoms with van der Waals surface area (Å²) in [6.07, 6.45) is 0. The lowest BCUT2D eigenvalue weighted by molar-refractivity contribution is -0.384. The number of furan rings is 1. The van der Waals surface area contributed by atoms with E-state index in [9.17, 15) is 14.9 Å². The number of nitrogens with zero attached hydrogens (tertiary/aromatic N) is 2. The van der Waals surface area contributed by atoms with Crippen LogP contribution < -0.4 is 4.90 Å². The normalized spacial score (nSPS) is 10.2. The Morgan fingerprint density at radius 2 is 1.89 bits per heavy atom. The van der Waals surface area contributed by atoms with Crippen molar-refractivity contribution in [1.29, 1.82) is 0 Å². The topological polar surface area (TPSA) is 76.6 Å². The average Bonchev–Trinajstić information content (AvgIpc) is 2.84. The summed E-state index contributed by atoms with van der Waals surface area (Å²) in [5.74, 6) is -0.286. The van der Waals surface area contributed by atoms with Crippen molar-refractivity contribution >= 4 is 28.9 Å². The number of halogens is 1. The number of anilines is 1. The fourth-order valence-electron chi connectivity index (χ4n) is 1.51. The van der Waals surface area contributed by atoms with Gasteiger partial charge >= 0.3 is 0 Å². The van der Waals surface area contributed by atoms with Crippen LogP contribution in [0.5, 0.6) is 0 Å². The summed E-state index contributed by atoms with van der Waals surface area (Å²) in [6.45, 7) is 0. The summed E-state index contributed by atoms with van der Waals surface area (Å²) >= 11 is 5.60. The first-order valence-corrected chi connectivity index (χ1v) is 5.64. The summed E-state index contributed by atoms with van der Waals surface area (Å²) in [7, 11) is 1.54. The van der Waals surface area contributed by atoms with Crippen LogP contribution in [0.25, 0.3) is 0 Å². The highest BCUT2D eigenvalue weighted by Gasteiger charge is 2.17. The first kappa shape index (κ1) is 13.1. The number of carbonyl (C=O) groups is 1. The van der Waals surface area contributed by atoms with Crippen molar-refractivity contribution in [2.45, 2.75) is 0 Å². The van der Waals surface area contributed by atoms with Crippen molar-refractivity contribution in [3.05, 3.63) is 57.5 Å². The molecule has 0 fully saturated rings. The Bertz CT molecular complexity index is 621. The lowest BCUT2D eigenvalue weighted by Gasteiger charge is -2.15. The second-order valence-electron chi connectivity index (χ2n) is 3.74. The van der Waals surface area contributed by atoms with E-state index in [0.29, 0.717) is 5.69 Å². The van der Waals surface area contributed by atoms with Gasteiger partial charge in [0.25, 0.3) is 11.6 Å². The molecule has 1 amide bonds. The van der Waals surface area contributed by atoms with Gasteiger partial charge in [0.15, 0.2) is 11.0 Å². The van der Waals surface area contributed by atoms with Gasteiger partial charge in [-0.3, -0.25) is 14.9 Å². The predicted octanol–water partition coefficient (Wildman–Crippen LogP) is 3.12. The minimum Gasteiger partial charge on any atom is -0.440 e. The molecule has 0 bridgehead atoms. The van der Waals surface area contributed by atoms with E-state index >= 15 is 0 Å². The van der Waals surface area contributed by atoms with Crippen molar-refractivity contribution in [1.82, 2.24) is 0 Å². The van der Waals surface area contributed by atoms with E-state index in [0.717, 1.165) is 0 Å². The molecule has 0 unspecified atom stereocenters. The molecular weight excluding hydrogens is 272 g/mol. The molecule has 1 aromatic heterocycles. The predicted molar refractivity (Wildman–Crippen MR) is 69.5 cm³/mol. The molecule has 1 aromatic carbocycles. The Morgan fingerprint density at radius 1 is 1.26 bits per heavy atom. The van der Waals surface area contributed by atoms with E-state index in [1.165, 1.54) is 41.3 Å². The highest BCUT2D eigenvalue weighted by Crippen LogP contribution is 2.21. The number of nitro benzene ring substituents is 1. The number of hydrogen-bond acceptors (Lipinski definition) is 4. The molecule has 98 valence electrons. The molecule has 0 aliphatic heterocycles. The zero-order chi connectivity index (χ0) is 14.0. The maximum Gasteiger partial charge on any atom is 0.293 e. The SMILES string of the molecule is CN(C(=O)c1ccc(Cl)o1)c1ccc([N+](=O)[O-])cc1. The van der Waals surface area contributed by atoms with Gasteiger partial charge in [-0.05, 0) is 35.9 Å². The Morgan fingerprint density at radius 3 is 2.37 bits per heavy atom. The first-order valence-electron chi connectivity index (χ1n) is 5.27. The maximum atomic E-state index is 12.0. The quantitative estimate of drug-likeness (QED) is 0.639. The van der Waals surface area contributed by atoms with E-state index in [-0.39, 0.29) is 22.6 Å². The summed E-state index contributed by atoms with van der Waals surface area (Å²) in [6, 6.07) is 8.56. The van der Waals surface area contributed by atoms with E-state index in [1.54, 1.807) is 7.05 Å². The molecule has 0 N–H and O–H groups in total. The number of benzene rings is 1. The largest absolute Gasteiger partial charge is 0.440 e. The standard InChI is InChI=1S/C12H9ClN2O4/c1-14(12(16)10-6-7-11(13)19-10)8-2-4-9(5-3-8)15(17)18/h2-7H,1H3. The van der Waals surface area contributed by atoms with Crippen LogP contribution in [0.3, 0.4) is 0 Å². The summed E-state index contributed by atoms with van der Waals surface area (Å²) < 4.78 is 5.02. The molecule has 0 spiro atoms. The van der Waals surface area contributed by atoms with E-state index in [1.807, 2.05) is 0 Å². The van der Waals surface area contributed by atoms with Gasteiger partial charge in [-0.25, -0.2) is 0 Å². The van der Waals surface area contributed by atoms with Gasteiger partial charge in [0.05, 0.1) is 4.92 Å². The molecular formula is C12H9ClN2O4. The molecule has 0 saturated carbocycles. The third-order valence-corrected chi connectivity index (χ3v) is 2.74. The summed E-state index contributed by atoms with van der Waals surface area (Å²) in [5.41, 5.74) is 0.480. The Balaban J connectivity index is 2.21. The second kappa shape index (κ2) is 5.11. The van der Waals surface area contributed by atoms with Crippen LogP contribution in [0.4, 0.5) is 11.4 Å². The van der Waals surface area contributed by atoms with Gasteiger partial charge in [-0.1, -0.05) is 0 Å². The van der Waals surface area contributed by atoms with Gasteiger partial charge in [0.2, 0.25) is 0 Å². The lowest BCUT2D eigenvalue weighted by atomic mass is 10.2. The van der Waals surface area contributed by atoms with E-state index < -0.39 is 4.92 Å². The van der Waals surface area contributed by atoms with Crippen molar-refractivity contribution in [2.75, 3.05) is 11.9 Å². The van der Waals surface area contributed by atoms with Crippen LogP contribution in [0.15, 0.2) is 40.8 Å². The summed E-state index contributed by atoms with van der Waals surface area (Å²) in [4.78, 5) is 23.4. The molecule has 0 radical (unpaired) electrons. The number of rotatable bonds is 3. The minimum absolute atomic E-state index is 0.0364. The van der Waals surface area contributed by atoms with E-state index in [4.69, 9.17) is 16.0 Å². The van der Waals surface area contributed by atoms with Crippen LogP contribution in [0.1, 0.15) is 10.6 Å². The van der Waals surface area contributed by atoms with Crippen LogP contribution in [-0.4, -0.2) is 17.9 Å². The van der Waals surface area contributed by atoms with Crippen molar-refractivity contribution in [3.63, 3.8) is 0 Å². The molecule has 0 aliphatic carbocycles. The second-order valence-corrected chi connectivity index (χ2v) is 4.11. The minimum atomic E-state index is -0.502. The summed E-state index contributed by atoms with van der Waals surface area (Å²) in [5, 5.41) is 10.7. The van der Waals surface area contributed by atoms with Crippen LogP contribution in [0, 0.1) is 10.1 Å². The van der Waals surface area contributed by atoms with Crippen LogP contribution in [0.2, 0.25) is 5.22 Å². The monoisotopic (exact) mass is 280 g/mol. The smallest absolute Gasteiger partial charge is 0.293 e. The van der Waals surface area contributed by atoms with Gasteiger partial charge in [-0.2, -0.15) is 0 Å². The average molecular weight is 281 g/mol. The lowest BCUT2D eigenvalue weighted by Crippen LogP contribution is -2.25. The highest BCUT2D eigenvalue weighted by molar-refractivity contribution is 6.29. The van der Waals surface area contributed by atoms with Crippen LogP contribution in [-0.2, 0) is 0 Å². The fraction of sp³-hybridized carbons (Fsp3) is 0.0833. The highest BCUT2D eigenvalue weighted by atomic mass is 35.5. The molecule has 0 aliphatic rings. The van der Waals surface area contributed by atoms with Gasteiger partial charge in [-0.15, -0.1) is 0 Å². The maximum absolute atomic E-state index is 12.0. The van der Waals surface area contributed by atoms with Gasteiger partial charge in [0.1, 0.15) is 0 Å². The molecule has 0 saturated heterocycles. The zero-order valence-corrected chi connectivity index (χ0v) is 10.6. The molecule has 0 atom stereocenters. The fourth-order valence-corrected chi connectivity index (χ4v) is 1.66. The third kappa shape index (κ3) is 2.74. The number of amides is 1. The van der Waals surface area contributed by atoms with Crippen molar-refractivity contribution in [3.8, 4) is 0 Å². The zero-order valence-electron chi connectivity index (χ0n) is 9.87. The van der Waals surface area contributed by atoms with E-state index in [2.05, 4.69) is 0 Å². The number of nitro groups is 1. The Hall–Kier alpha value is -2.34. The number of hydrogen-bond donors (Lipinski definition) is 0. The van der Waals surface area contributed by atoms with Crippen molar-refractivity contribution < 1.29 is 14.1 Å². The number of non-ortho nitro benzene ring substituents is 1. The molecule has 6 nitrogen and oxygen atoms in total. The third-order valence-electron chi connectivity index (χ3n) is 2.54. The van der Waals surface area contributed by atoms with Gasteiger partial charge < -0.3 is 9.32 Å². The van der Waals surface area contributed by atoms with Crippen molar-refractivity contribution in [2.24, 2.45) is 0 Å². The molecule has 1 heterocycles. The molecule has 7 heteroatoms.